The quantitative estimate of drug-likeness (QED) is 0.788. The van der Waals surface area contributed by atoms with Gasteiger partial charge in [0.2, 0.25) is 0 Å². The third kappa shape index (κ3) is 2.53. The maximum Gasteiger partial charge on any atom is 0.0373 e. The van der Waals surface area contributed by atoms with Crippen LogP contribution in [-0.4, -0.2) is 6.54 Å². The average Bonchev–Trinajstić information content (AvgIpc) is 2.72. The molecule has 1 atom stereocenters. The zero-order valence-corrected chi connectivity index (χ0v) is 9.84. The average molecular weight is 203 g/mol. The summed E-state index contributed by atoms with van der Waals surface area (Å²) in [6.45, 7) is 5.73. The van der Waals surface area contributed by atoms with Crippen LogP contribution in [0, 0.1) is 5.92 Å². The van der Waals surface area contributed by atoms with Crippen molar-refractivity contribution in [1.29, 1.82) is 0 Å². The van der Waals surface area contributed by atoms with Crippen LogP contribution in [0.5, 0.6) is 0 Å². The van der Waals surface area contributed by atoms with Crippen LogP contribution in [-0.2, 0) is 12.8 Å². The minimum atomic E-state index is 0.858. The van der Waals surface area contributed by atoms with Gasteiger partial charge in [-0.25, -0.2) is 0 Å². The molecular weight excluding hydrogens is 182 g/mol. The first-order chi connectivity index (χ1) is 7.29. The first-order valence-electron chi connectivity index (χ1n) is 6.15. The van der Waals surface area contributed by atoms with Crippen molar-refractivity contribution in [2.75, 3.05) is 11.9 Å². The Bertz CT molecular complexity index is 330. The van der Waals surface area contributed by atoms with Crippen molar-refractivity contribution >= 4 is 5.69 Å². The minimum Gasteiger partial charge on any atom is -0.384 e. The monoisotopic (exact) mass is 203 g/mol. The molecule has 1 heterocycles. The van der Waals surface area contributed by atoms with Crippen LogP contribution in [0.15, 0.2) is 18.2 Å². The number of nitrogens with one attached hydrogen (secondary N) is 1. The minimum absolute atomic E-state index is 0.858. The summed E-state index contributed by atoms with van der Waals surface area (Å²) in [7, 11) is 0. The number of hydrogen-bond acceptors (Lipinski definition) is 1. The molecule has 0 aliphatic carbocycles. The van der Waals surface area contributed by atoms with E-state index >= 15 is 0 Å². The van der Waals surface area contributed by atoms with Gasteiger partial charge in [-0.2, -0.15) is 0 Å². The van der Waals surface area contributed by atoms with Crippen molar-refractivity contribution in [3.63, 3.8) is 0 Å². The van der Waals surface area contributed by atoms with E-state index < -0.39 is 0 Å². The predicted molar refractivity (Wildman–Crippen MR) is 66.4 cm³/mol. The van der Waals surface area contributed by atoms with Crippen LogP contribution in [0.3, 0.4) is 0 Å². The Labute approximate surface area is 92.9 Å². The highest BCUT2D eigenvalue weighted by atomic mass is 14.9. The van der Waals surface area contributed by atoms with Crippen molar-refractivity contribution in [1.82, 2.24) is 0 Å². The van der Waals surface area contributed by atoms with E-state index in [1.807, 2.05) is 0 Å². The lowest BCUT2D eigenvalue weighted by molar-refractivity contribution is 0.516. The molecule has 15 heavy (non-hydrogen) atoms. The molecule has 0 bridgehead atoms. The van der Waals surface area contributed by atoms with Crippen molar-refractivity contribution in [3.8, 4) is 0 Å². The third-order valence-corrected chi connectivity index (χ3v) is 3.50. The summed E-state index contributed by atoms with van der Waals surface area (Å²) < 4.78 is 0. The highest BCUT2D eigenvalue weighted by Gasteiger charge is 2.10. The molecule has 1 heteroatoms. The molecular formula is C14H21N. The fourth-order valence-corrected chi connectivity index (χ4v) is 2.13. The first kappa shape index (κ1) is 10.5. The number of hydrogen-bond donors (Lipinski definition) is 1. The van der Waals surface area contributed by atoms with E-state index in [0.29, 0.717) is 0 Å². The summed E-state index contributed by atoms with van der Waals surface area (Å²) in [6.07, 6.45) is 5.06. The second kappa shape index (κ2) is 4.69. The molecule has 0 saturated carbocycles. The Balaban J connectivity index is 1.98. The van der Waals surface area contributed by atoms with Crippen molar-refractivity contribution in [3.05, 3.63) is 29.3 Å². The fraction of sp³-hybridized carbons (Fsp3) is 0.571. The van der Waals surface area contributed by atoms with Gasteiger partial charge < -0.3 is 5.32 Å². The van der Waals surface area contributed by atoms with Gasteiger partial charge in [-0.05, 0) is 42.4 Å². The highest BCUT2D eigenvalue weighted by Crippen LogP contribution is 2.24. The van der Waals surface area contributed by atoms with Crippen LogP contribution >= 0.6 is 0 Å². The van der Waals surface area contributed by atoms with E-state index in [4.69, 9.17) is 0 Å². The molecule has 1 nitrogen and oxygen atoms in total. The molecule has 0 aromatic heterocycles. The molecule has 1 unspecified atom stereocenters. The largest absolute Gasteiger partial charge is 0.384 e. The Morgan fingerprint density at radius 3 is 3.07 bits per heavy atom. The van der Waals surface area contributed by atoms with E-state index in [0.717, 1.165) is 12.5 Å². The number of fused-ring (bicyclic) bond motifs is 1. The molecule has 0 saturated heterocycles. The number of anilines is 1. The van der Waals surface area contributed by atoms with Crippen molar-refractivity contribution in [2.45, 2.75) is 39.5 Å². The smallest absolute Gasteiger partial charge is 0.0373 e. The highest BCUT2D eigenvalue weighted by molar-refractivity contribution is 5.56. The van der Waals surface area contributed by atoms with Gasteiger partial charge >= 0.3 is 0 Å². The molecule has 0 spiro atoms. The van der Waals surface area contributed by atoms with Gasteiger partial charge in [0, 0.05) is 12.2 Å². The standard InChI is InChI=1S/C14H21N/c1-3-11(2)4-5-12-6-7-14-13(10-12)8-9-15-14/h6-7,10-11,15H,3-5,8-9H2,1-2H3. The van der Waals surface area contributed by atoms with Gasteiger partial charge in [-0.15, -0.1) is 0 Å². The van der Waals surface area contributed by atoms with Gasteiger partial charge in [-0.1, -0.05) is 32.4 Å². The number of aryl methyl sites for hydroxylation is 1. The van der Waals surface area contributed by atoms with Crippen LogP contribution in [0.4, 0.5) is 5.69 Å². The molecule has 1 aliphatic heterocycles. The normalized spacial score (nSPS) is 15.9. The SMILES string of the molecule is CCC(C)CCc1ccc2c(c1)CCN2. The first-order valence-corrected chi connectivity index (χ1v) is 6.15. The summed E-state index contributed by atoms with van der Waals surface area (Å²) in [5.41, 5.74) is 4.37. The summed E-state index contributed by atoms with van der Waals surface area (Å²) in [4.78, 5) is 0. The van der Waals surface area contributed by atoms with Crippen molar-refractivity contribution in [2.24, 2.45) is 5.92 Å². The molecule has 1 aromatic rings. The third-order valence-electron chi connectivity index (χ3n) is 3.50. The zero-order valence-electron chi connectivity index (χ0n) is 9.84. The molecule has 1 aliphatic rings. The summed E-state index contributed by atoms with van der Waals surface area (Å²) in [5, 5.41) is 3.40. The molecule has 0 fully saturated rings. The molecule has 1 N–H and O–H groups in total. The van der Waals surface area contributed by atoms with E-state index in [1.54, 1.807) is 0 Å². The summed E-state index contributed by atoms with van der Waals surface area (Å²) >= 11 is 0. The maximum absolute atomic E-state index is 3.40. The Kier molecular flexibility index (Phi) is 3.30. The van der Waals surface area contributed by atoms with Gasteiger partial charge in [-0.3, -0.25) is 0 Å². The van der Waals surface area contributed by atoms with E-state index in [9.17, 15) is 0 Å². The van der Waals surface area contributed by atoms with E-state index in [-0.39, 0.29) is 0 Å². The van der Waals surface area contributed by atoms with Crippen LogP contribution in [0.2, 0.25) is 0 Å². The lowest BCUT2D eigenvalue weighted by atomic mass is 9.97. The van der Waals surface area contributed by atoms with Crippen molar-refractivity contribution < 1.29 is 0 Å². The van der Waals surface area contributed by atoms with Gasteiger partial charge in [0.05, 0.1) is 0 Å². The van der Waals surface area contributed by atoms with Crippen LogP contribution in [0.25, 0.3) is 0 Å². The van der Waals surface area contributed by atoms with Gasteiger partial charge in [0.15, 0.2) is 0 Å². The summed E-state index contributed by atoms with van der Waals surface area (Å²) in [6, 6.07) is 6.91. The van der Waals surface area contributed by atoms with Gasteiger partial charge in [0.25, 0.3) is 0 Å². The Morgan fingerprint density at radius 1 is 1.40 bits per heavy atom. The fourth-order valence-electron chi connectivity index (χ4n) is 2.13. The second-order valence-corrected chi connectivity index (χ2v) is 4.72. The molecule has 0 radical (unpaired) electrons. The van der Waals surface area contributed by atoms with Crippen LogP contribution < -0.4 is 5.32 Å². The topological polar surface area (TPSA) is 12.0 Å². The Hall–Kier alpha value is -0.980. The summed E-state index contributed by atoms with van der Waals surface area (Å²) in [5.74, 6) is 0.858. The number of rotatable bonds is 4. The van der Waals surface area contributed by atoms with Crippen LogP contribution in [0.1, 0.15) is 37.8 Å². The zero-order chi connectivity index (χ0) is 10.7. The lowest BCUT2D eigenvalue weighted by Crippen LogP contribution is -1.96. The van der Waals surface area contributed by atoms with E-state index in [2.05, 4.69) is 37.4 Å². The van der Waals surface area contributed by atoms with Gasteiger partial charge in [0.1, 0.15) is 0 Å². The number of benzene rings is 1. The molecule has 1 aromatic carbocycles. The molecule has 82 valence electrons. The second-order valence-electron chi connectivity index (χ2n) is 4.72. The van der Waals surface area contributed by atoms with E-state index in [1.165, 1.54) is 42.5 Å². The predicted octanol–water partition coefficient (Wildman–Crippen LogP) is 3.63. The molecule has 0 amide bonds. The Morgan fingerprint density at radius 2 is 2.27 bits per heavy atom. The lowest BCUT2D eigenvalue weighted by Gasteiger charge is -2.09. The maximum atomic E-state index is 3.40. The molecule has 2 rings (SSSR count).